The zero-order valence-corrected chi connectivity index (χ0v) is 22.5. The lowest BCUT2D eigenvalue weighted by Gasteiger charge is -2.26. The average Bonchev–Trinajstić information content (AvgIpc) is 3.55. The summed E-state index contributed by atoms with van der Waals surface area (Å²) >= 11 is 0. The molecule has 5 rings (SSSR count). The third kappa shape index (κ3) is 7.15. The van der Waals surface area contributed by atoms with Crippen molar-refractivity contribution in [2.24, 2.45) is 0 Å². The van der Waals surface area contributed by atoms with Gasteiger partial charge in [-0.05, 0) is 50.2 Å². The van der Waals surface area contributed by atoms with E-state index in [9.17, 15) is 4.79 Å². The van der Waals surface area contributed by atoms with Gasteiger partial charge in [-0.3, -0.25) is 15.5 Å². The number of urea groups is 1. The normalized spacial score (nSPS) is 14.0. The molecular formula is C29H33N7O3. The van der Waals surface area contributed by atoms with Crippen LogP contribution in [0.1, 0.15) is 56.9 Å². The van der Waals surface area contributed by atoms with Crippen LogP contribution in [0.3, 0.4) is 0 Å². The lowest BCUT2D eigenvalue weighted by molar-refractivity contribution is 0.183. The van der Waals surface area contributed by atoms with Gasteiger partial charge in [0.25, 0.3) is 0 Å². The summed E-state index contributed by atoms with van der Waals surface area (Å²) in [5.41, 5.74) is 1.95. The predicted molar refractivity (Wildman–Crippen MR) is 149 cm³/mol. The molecule has 0 atom stereocenters. The van der Waals surface area contributed by atoms with Crippen LogP contribution in [0.5, 0.6) is 5.75 Å². The van der Waals surface area contributed by atoms with E-state index in [0.29, 0.717) is 35.2 Å². The molecule has 10 nitrogen and oxygen atoms in total. The van der Waals surface area contributed by atoms with Crippen molar-refractivity contribution in [2.75, 3.05) is 36.9 Å². The molecule has 4 aromatic rings. The van der Waals surface area contributed by atoms with E-state index in [1.165, 1.54) is 32.4 Å². The minimum Gasteiger partial charge on any atom is -0.492 e. The highest BCUT2D eigenvalue weighted by molar-refractivity contribution is 5.98. The lowest BCUT2D eigenvalue weighted by Crippen LogP contribution is -2.33. The maximum absolute atomic E-state index is 12.4. The quantitative estimate of drug-likeness (QED) is 0.342. The third-order valence-electron chi connectivity index (χ3n) is 6.38. The largest absolute Gasteiger partial charge is 0.492 e. The zero-order chi connectivity index (χ0) is 27.2. The predicted octanol–water partition coefficient (Wildman–Crippen LogP) is 4.92. The molecule has 4 heterocycles. The second kappa shape index (κ2) is 11.6. The molecule has 3 aromatic heterocycles. The number of amides is 2. The van der Waals surface area contributed by atoms with Crippen LogP contribution in [0.2, 0.25) is 0 Å². The highest BCUT2D eigenvalue weighted by atomic mass is 16.5. The number of benzene rings is 1. The first-order valence-electron chi connectivity index (χ1n) is 13.2. The number of aromatic nitrogens is 4. The van der Waals surface area contributed by atoms with E-state index < -0.39 is 6.03 Å². The van der Waals surface area contributed by atoms with Crippen LogP contribution in [-0.4, -0.2) is 56.9 Å². The van der Waals surface area contributed by atoms with Crippen molar-refractivity contribution < 1.29 is 14.1 Å². The number of fused-ring (bicyclic) bond motifs is 1. The highest BCUT2D eigenvalue weighted by Crippen LogP contribution is 2.24. The summed E-state index contributed by atoms with van der Waals surface area (Å²) in [5, 5.41) is 13.6. The first kappa shape index (κ1) is 26.3. The van der Waals surface area contributed by atoms with E-state index in [4.69, 9.17) is 9.26 Å². The summed E-state index contributed by atoms with van der Waals surface area (Å²) in [6.45, 7) is 10.0. The molecule has 0 bridgehead atoms. The number of piperidine rings is 1. The van der Waals surface area contributed by atoms with Crippen molar-refractivity contribution in [2.45, 2.75) is 45.4 Å². The Kier molecular flexibility index (Phi) is 7.79. The van der Waals surface area contributed by atoms with Crippen molar-refractivity contribution in [1.29, 1.82) is 0 Å². The lowest BCUT2D eigenvalue weighted by atomic mass is 9.93. The number of hydrogen-bond donors (Lipinski definition) is 2. The van der Waals surface area contributed by atoms with Crippen LogP contribution in [-0.2, 0) is 5.41 Å². The minimum atomic E-state index is -0.480. The van der Waals surface area contributed by atoms with Crippen molar-refractivity contribution in [1.82, 2.24) is 24.7 Å². The molecule has 202 valence electrons. The van der Waals surface area contributed by atoms with E-state index in [1.807, 2.05) is 45.0 Å². The summed E-state index contributed by atoms with van der Waals surface area (Å²) in [4.78, 5) is 19.2. The van der Waals surface area contributed by atoms with Gasteiger partial charge < -0.3 is 9.26 Å². The van der Waals surface area contributed by atoms with Gasteiger partial charge >= 0.3 is 6.03 Å². The van der Waals surface area contributed by atoms with Crippen molar-refractivity contribution in [3.63, 3.8) is 0 Å². The first-order chi connectivity index (χ1) is 18.8. The smallest absolute Gasteiger partial charge is 0.326 e. The van der Waals surface area contributed by atoms with Crippen molar-refractivity contribution in [3.05, 3.63) is 65.7 Å². The fourth-order valence-electron chi connectivity index (χ4n) is 4.21. The van der Waals surface area contributed by atoms with Gasteiger partial charge in [-0.2, -0.15) is 0 Å². The maximum atomic E-state index is 12.4. The Morgan fingerprint density at radius 2 is 1.77 bits per heavy atom. The summed E-state index contributed by atoms with van der Waals surface area (Å²) in [7, 11) is 0. The second-order valence-electron chi connectivity index (χ2n) is 10.6. The number of carbonyl (C=O) groups is 1. The Hall–Kier alpha value is -4.36. The molecular weight excluding hydrogens is 494 g/mol. The fourth-order valence-corrected chi connectivity index (χ4v) is 4.21. The average molecular weight is 528 g/mol. The highest BCUT2D eigenvalue weighted by Gasteiger charge is 2.20. The van der Waals surface area contributed by atoms with Crippen LogP contribution in [0.25, 0.3) is 5.65 Å². The SMILES string of the molecule is CC(C)(C)c1cc(NC(=O)Nc2cc3ncc(C#Cc4ccc(OCCN5CCCCC5)cc4)cn3n2)no1. The fraction of sp³-hybridized carbons (Fsp3) is 0.379. The van der Waals surface area contributed by atoms with Crippen molar-refractivity contribution >= 4 is 23.3 Å². The second-order valence-corrected chi connectivity index (χ2v) is 10.6. The molecule has 1 saturated heterocycles. The monoisotopic (exact) mass is 527 g/mol. The number of nitrogens with one attached hydrogen (secondary N) is 2. The number of hydrogen-bond acceptors (Lipinski definition) is 7. The molecule has 2 N–H and O–H groups in total. The molecule has 10 heteroatoms. The summed E-state index contributed by atoms with van der Waals surface area (Å²) in [6, 6.07) is 10.7. The summed E-state index contributed by atoms with van der Waals surface area (Å²) < 4.78 is 12.8. The molecule has 39 heavy (non-hydrogen) atoms. The van der Waals surface area contributed by atoms with Gasteiger partial charge in [-0.25, -0.2) is 14.3 Å². The molecule has 1 aliphatic heterocycles. The van der Waals surface area contributed by atoms with Gasteiger partial charge in [-0.1, -0.05) is 44.2 Å². The van der Waals surface area contributed by atoms with Crippen molar-refractivity contribution in [3.8, 4) is 17.6 Å². The van der Waals surface area contributed by atoms with E-state index >= 15 is 0 Å². The Morgan fingerprint density at radius 3 is 2.51 bits per heavy atom. The van der Waals surface area contributed by atoms with Crippen LogP contribution < -0.4 is 15.4 Å². The van der Waals surface area contributed by atoms with Crippen LogP contribution in [0, 0.1) is 11.8 Å². The van der Waals surface area contributed by atoms with Gasteiger partial charge in [0.05, 0.1) is 5.56 Å². The number of rotatable bonds is 6. The van der Waals surface area contributed by atoms with Gasteiger partial charge in [0, 0.05) is 42.0 Å². The van der Waals surface area contributed by atoms with Gasteiger partial charge in [0.2, 0.25) is 0 Å². The zero-order valence-electron chi connectivity index (χ0n) is 22.5. The summed E-state index contributed by atoms with van der Waals surface area (Å²) in [5.74, 6) is 8.46. The molecule has 1 fully saturated rings. The molecule has 0 radical (unpaired) electrons. The minimum absolute atomic E-state index is 0.207. The third-order valence-corrected chi connectivity index (χ3v) is 6.38. The van der Waals surface area contributed by atoms with E-state index in [-0.39, 0.29) is 5.41 Å². The first-order valence-corrected chi connectivity index (χ1v) is 13.2. The van der Waals surface area contributed by atoms with Gasteiger partial charge in [0.15, 0.2) is 17.3 Å². The Balaban J connectivity index is 1.15. The molecule has 1 aromatic carbocycles. The molecule has 0 aliphatic carbocycles. The van der Waals surface area contributed by atoms with Gasteiger partial charge in [-0.15, -0.1) is 5.10 Å². The molecule has 0 spiro atoms. The maximum Gasteiger partial charge on any atom is 0.326 e. The number of carbonyl (C=O) groups excluding carboxylic acids is 1. The van der Waals surface area contributed by atoms with E-state index in [0.717, 1.165) is 17.9 Å². The van der Waals surface area contributed by atoms with Crippen LogP contribution >= 0.6 is 0 Å². The summed E-state index contributed by atoms with van der Waals surface area (Å²) in [6.07, 6.45) is 7.36. The van der Waals surface area contributed by atoms with Crippen LogP contribution in [0.4, 0.5) is 16.4 Å². The van der Waals surface area contributed by atoms with E-state index in [2.05, 4.69) is 42.6 Å². The van der Waals surface area contributed by atoms with Gasteiger partial charge in [0.1, 0.15) is 18.1 Å². The Labute approximate surface area is 227 Å². The molecule has 1 aliphatic rings. The number of ether oxygens (including phenoxy) is 1. The Bertz CT molecular complexity index is 1480. The number of likely N-dealkylation sites (tertiary alicyclic amines) is 1. The standard InChI is InChI=1S/C29H33N7O3/c1-29(2,3)24-17-26(34-39-24)32-28(37)31-25-18-27-30-19-22(20-36(27)33-25)8-7-21-9-11-23(12-10-21)38-16-15-35-13-5-4-6-14-35/h9-12,17-20H,4-6,13-16H2,1-3H3,(H2,31,32,33,34,37). The molecule has 0 unspecified atom stereocenters. The Morgan fingerprint density at radius 1 is 1.03 bits per heavy atom. The molecule has 0 saturated carbocycles. The topological polar surface area (TPSA) is 110 Å². The van der Waals surface area contributed by atoms with E-state index in [1.54, 1.807) is 29.0 Å². The number of nitrogens with zero attached hydrogens (tertiary/aromatic N) is 5. The molecule has 2 amide bonds. The van der Waals surface area contributed by atoms with Crippen LogP contribution in [0.15, 0.2) is 53.3 Å². The number of anilines is 2.